The normalized spacial score (nSPS) is 12.8. The molecule has 0 atom stereocenters. The molecule has 4 rings (SSSR count). The highest BCUT2D eigenvalue weighted by Gasteiger charge is 2.26. The Morgan fingerprint density at radius 3 is 2.74 bits per heavy atom. The lowest BCUT2D eigenvalue weighted by Gasteiger charge is -2.29. The van der Waals surface area contributed by atoms with Crippen LogP contribution in [0.25, 0.3) is 11.3 Å². The van der Waals surface area contributed by atoms with Gasteiger partial charge in [0.05, 0.1) is 24.3 Å². The van der Waals surface area contributed by atoms with Crippen LogP contribution in [0.2, 0.25) is 0 Å². The predicted octanol–water partition coefficient (Wildman–Crippen LogP) is 3.54. The summed E-state index contributed by atoms with van der Waals surface area (Å²) in [6.07, 6.45) is -0.350. The fourth-order valence-corrected chi connectivity index (χ4v) is 3.90. The zero-order valence-corrected chi connectivity index (χ0v) is 17.2. The fraction of sp³-hybridized carbons (Fsp3) is 0.182. The number of nitrogens with one attached hydrogen (secondary N) is 1. The van der Waals surface area contributed by atoms with E-state index in [0.717, 1.165) is 11.1 Å². The van der Waals surface area contributed by atoms with Crippen molar-refractivity contribution < 1.29 is 24.2 Å². The molecule has 0 unspecified atom stereocenters. The van der Waals surface area contributed by atoms with E-state index in [9.17, 15) is 14.4 Å². The molecule has 1 aromatic heterocycles. The predicted molar refractivity (Wildman–Crippen MR) is 116 cm³/mol. The van der Waals surface area contributed by atoms with Crippen LogP contribution in [0, 0.1) is 0 Å². The molecule has 1 aliphatic rings. The van der Waals surface area contributed by atoms with Crippen molar-refractivity contribution in [1.82, 2.24) is 4.98 Å². The van der Waals surface area contributed by atoms with Crippen LogP contribution in [0.4, 0.5) is 10.8 Å². The van der Waals surface area contributed by atoms with Gasteiger partial charge in [-0.05, 0) is 23.8 Å². The van der Waals surface area contributed by atoms with Gasteiger partial charge in [0.1, 0.15) is 5.75 Å². The van der Waals surface area contributed by atoms with Gasteiger partial charge in [-0.1, -0.05) is 30.3 Å². The number of aliphatic carboxylic acids is 1. The summed E-state index contributed by atoms with van der Waals surface area (Å²) in [7, 11) is 0. The van der Waals surface area contributed by atoms with Crippen LogP contribution >= 0.6 is 11.3 Å². The van der Waals surface area contributed by atoms with Crippen molar-refractivity contribution in [2.45, 2.75) is 19.4 Å². The zero-order valence-electron chi connectivity index (χ0n) is 16.4. The van der Waals surface area contributed by atoms with Crippen molar-refractivity contribution in [2.24, 2.45) is 0 Å². The summed E-state index contributed by atoms with van der Waals surface area (Å²) in [6, 6.07) is 15.2. The summed E-state index contributed by atoms with van der Waals surface area (Å²) in [4.78, 5) is 41.1. The molecule has 0 saturated heterocycles. The summed E-state index contributed by atoms with van der Waals surface area (Å²) in [5.41, 5.74) is 3.09. The molecule has 31 heavy (non-hydrogen) atoms. The molecule has 2 heterocycles. The number of fused-ring (bicyclic) bond motifs is 1. The van der Waals surface area contributed by atoms with Crippen LogP contribution in [0.3, 0.4) is 0 Å². The first-order chi connectivity index (χ1) is 15.0. The fourth-order valence-electron chi connectivity index (χ4n) is 3.17. The summed E-state index contributed by atoms with van der Waals surface area (Å²) in [6.45, 7) is 0.420. The molecule has 2 N–H and O–H groups in total. The Balaban J connectivity index is 1.55. The van der Waals surface area contributed by atoms with Crippen molar-refractivity contribution in [2.75, 3.05) is 16.8 Å². The van der Waals surface area contributed by atoms with Gasteiger partial charge in [0.15, 0.2) is 11.7 Å². The SMILES string of the molecule is O=C(O)CCC(=O)Nc1nc(-c2ccc3c(c2)N(Cc2ccccc2)C(=O)CO3)cs1. The number of aromatic nitrogens is 1. The van der Waals surface area contributed by atoms with Crippen molar-refractivity contribution in [3.8, 4) is 17.0 Å². The van der Waals surface area contributed by atoms with E-state index in [1.165, 1.54) is 11.3 Å². The highest BCUT2D eigenvalue weighted by atomic mass is 32.1. The third kappa shape index (κ3) is 4.89. The quantitative estimate of drug-likeness (QED) is 0.585. The maximum atomic E-state index is 12.5. The van der Waals surface area contributed by atoms with Gasteiger partial charge in [-0.25, -0.2) is 4.98 Å². The molecular weight excluding hydrogens is 418 g/mol. The molecule has 2 aromatic carbocycles. The number of carboxylic acids is 1. The average molecular weight is 437 g/mol. The Morgan fingerprint density at radius 1 is 1.16 bits per heavy atom. The van der Waals surface area contributed by atoms with Gasteiger partial charge in [0.2, 0.25) is 5.91 Å². The monoisotopic (exact) mass is 437 g/mol. The van der Waals surface area contributed by atoms with Gasteiger partial charge in [-0.15, -0.1) is 11.3 Å². The van der Waals surface area contributed by atoms with E-state index in [4.69, 9.17) is 9.84 Å². The number of ether oxygens (including phenoxy) is 1. The molecular formula is C22H19N3O5S. The van der Waals surface area contributed by atoms with Crippen LogP contribution in [0.1, 0.15) is 18.4 Å². The molecule has 9 heteroatoms. The first-order valence-corrected chi connectivity index (χ1v) is 10.5. The third-order valence-electron chi connectivity index (χ3n) is 4.70. The Hall–Kier alpha value is -3.72. The number of carbonyl (C=O) groups is 3. The minimum atomic E-state index is -1.03. The zero-order chi connectivity index (χ0) is 21.8. The number of carboxylic acid groups (broad SMARTS) is 1. The largest absolute Gasteiger partial charge is 0.482 e. The average Bonchev–Trinajstić information content (AvgIpc) is 3.23. The van der Waals surface area contributed by atoms with Gasteiger partial charge in [0, 0.05) is 17.4 Å². The number of anilines is 2. The number of amides is 2. The third-order valence-corrected chi connectivity index (χ3v) is 5.46. The molecule has 0 fully saturated rings. The van der Waals surface area contributed by atoms with Crippen molar-refractivity contribution in [3.63, 3.8) is 0 Å². The van der Waals surface area contributed by atoms with E-state index in [2.05, 4.69) is 10.3 Å². The first-order valence-electron chi connectivity index (χ1n) is 9.58. The van der Waals surface area contributed by atoms with Gasteiger partial charge in [0.25, 0.3) is 5.91 Å². The van der Waals surface area contributed by atoms with Crippen molar-refractivity contribution in [1.29, 1.82) is 0 Å². The van der Waals surface area contributed by atoms with Crippen molar-refractivity contribution >= 4 is 39.9 Å². The van der Waals surface area contributed by atoms with E-state index in [-0.39, 0.29) is 25.4 Å². The lowest BCUT2D eigenvalue weighted by atomic mass is 10.1. The topological polar surface area (TPSA) is 109 Å². The van der Waals surface area contributed by atoms with E-state index in [0.29, 0.717) is 28.8 Å². The molecule has 158 valence electrons. The number of carbonyl (C=O) groups excluding carboxylic acids is 2. The summed E-state index contributed by atoms with van der Waals surface area (Å²) in [5.74, 6) is -0.933. The summed E-state index contributed by atoms with van der Waals surface area (Å²) in [5, 5.41) is 13.5. The van der Waals surface area contributed by atoms with Gasteiger partial charge < -0.3 is 20.1 Å². The van der Waals surface area contributed by atoms with E-state index >= 15 is 0 Å². The lowest BCUT2D eigenvalue weighted by Crippen LogP contribution is -2.38. The van der Waals surface area contributed by atoms with Gasteiger partial charge >= 0.3 is 5.97 Å². The Morgan fingerprint density at radius 2 is 1.97 bits per heavy atom. The van der Waals surface area contributed by atoms with E-state index < -0.39 is 11.9 Å². The summed E-state index contributed by atoms with van der Waals surface area (Å²) < 4.78 is 5.58. The van der Waals surface area contributed by atoms with E-state index in [1.807, 2.05) is 42.5 Å². The molecule has 0 saturated carbocycles. The second kappa shape index (κ2) is 8.97. The molecule has 1 aliphatic heterocycles. The maximum absolute atomic E-state index is 12.5. The number of rotatable bonds is 7. The molecule has 0 spiro atoms. The smallest absolute Gasteiger partial charge is 0.303 e. The summed E-state index contributed by atoms with van der Waals surface area (Å²) >= 11 is 1.25. The molecule has 2 amide bonds. The van der Waals surface area contributed by atoms with Crippen LogP contribution in [0.5, 0.6) is 5.75 Å². The number of hydrogen-bond acceptors (Lipinski definition) is 6. The van der Waals surface area contributed by atoms with E-state index in [1.54, 1.807) is 16.3 Å². The Bertz CT molecular complexity index is 1130. The first kappa shape index (κ1) is 20.5. The number of benzene rings is 2. The number of hydrogen-bond donors (Lipinski definition) is 2. The lowest BCUT2D eigenvalue weighted by molar-refractivity contribution is -0.138. The van der Waals surface area contributed by atoms with Crippen LogP contribution in [-0.4, -0.2) is 34.5 Å². The minimum Gasteiger partial charge on any atom is -0.482 e. The number of nitrogens with zero attached hydrogens (tertiary/aromatic N) is 2. The molecule has 3 aromatic rings. The van der Waals surface area contributed by atoms with Gasteiger partial charge in [-0.3, -0.25) is 14.4 Å². The Labute approximate surface area is 182 Å². The minimum absolute atomic E-state index is 0.0115. The molecule has 8 nitrogen and oxygen atoms in total. The number of thiazole rings is 1. The maximum Gasteiger partial charge on any atom is 0.303 e. The molecule has 0 aliphatic carbocycles. The highest BCUT2D eigenvalue weighted by Crippen LogP contribution is 2.37. The van der Waals surface area contributed by atoms with Crippen LogP contribution in [-0.2, 0) is 20.9 Å². The van der Waals surface area contributed by atoms with Crippen molar-refractivity contribution in [3.05, 3.63) is 59.5 Å². The standard InChI is InChI=1S/C22H19N3O5S/c26-19(8-9-21(28)29)24-22-23-16(13-31-22)15-6-7-18-17(10-15)25(20(27)12-30-18)11-14-4-2-1-3-5-14/h1-7,10,13H,8-9,11-12H2,(H,28,29)(H,23,24,26). The Kier molecular flexibility index (Phi) is 5.94. The van der Waals surface area contributed by atoms with Crippen LogP contribution in [0.15, 0.2) is 53.9 Å². The highest BCUT2D eigenvalue weighted by molar-refractivity contribution is 7.14. The second-order valence-electron chi connectivity index (χ2n) is 6.92. The second-order valence-corrected chi connectivity index (χ2v) is 7.77. The van der Waals surface area contributed by atoms with Gasteiger partial charge in [-0.2, -0.15) is 0 Å². The molecule has 0 bridgehead atoms. The van der Waals surface area contributed by atoms with Crippen LogP contribution < -0.4 is 15.0 Å². The molecule has 0 radical (unpaired) electrons.